The number of hydrogen-bond acceptors (Lipinski definition) is 12. The first-order chi connectivity index (χ1) is 63.2. The van der Waals surface area contributed by atoms with Crippen molar-refractivity contribution in [3.8, 4) is 23.9 Å². The lowest BCUT2D eigenvalue weighted by molar-refractivity contribution is -0.897. The van der Waals surface area contributed by atoms with Gasteiger partial charge in [-0.1, -0.05) is 261 Å². The third-order valence-electron chi connectivity index (χ3n) is 30.0. The lowest BCUT2D eigenvalue weighted by atomic mass is 9.97. The molecule has 0 atom stereocenters. The molecule has 776 valence electrons. The summed E-state index contributed by atoms with van der Waals surface area (Å²) in [5.41, 5.74) is 0. The van der Waals surface area contributed by atoms with Crippen molar-refractivity contribution < 1.29 is 76.1 Å². The van der Waals surface area contributed by atoms with Gasteiger partial charge in [0, 0.05) is 131 Å². The number of likely N-dealkylation sites (tertiary alicyclic amines) is 8. The van der Waals surface area contributed by atoms with E-state index < -0.39 is 28.5 Å². The lowest BCUT2D eigenvalue weighted by Gasteiger charge is -2.29. The number of nitriles is 4. The molecule has 8 heterocycles. The molecule has 132 heavy (non-hydrogen) atoms. The van der Waals surface area contributed by atoms with Crippen LogP contribution in [0.2, 0.25) is 0 Å². The molecule has 0 radical (unpaired) electrons. The van der Waals surface area contributed by atoms with Crippen molar-refractivity contribution in [2.75, 3.05) is 213 Å². The smallest absolute Gasteiger partial charge is 0.0786 e. The highest BCUT2D eigenvalue weighted by molar-refractivity contribution is 6.47. The average Bonchev–Trinajstić information content (AvgIpc) is 1.81. The van der Waals surface area contributed by atoms with Crippen LogP contribution >= 0.6 is 0 Å². The minimum Gasteiger partial charge on any atom is -0.881 e. The standard InChI is InChI=1S/8C13H28N.4CBNO2/c8*1-3-4-5-6-7-8-11-14(2)12-9-10-13-14;4*3-1-2(4)5/h8*3-13H2,1-2H3;;;;/q8*+1;4*-2. The maximum absolute atomic E-state index is 8.98. The van der Waals surface area contributed by atoms with Crippen molar-refractivity contribution >= 4 is 28.5 Å². The molecule has 0 N–H and O–H groups in total. The van der Waals surface area contributed by atoms with Gasteiger partial charge in [0.05, 0.1) is 213 Å². The van der Waals surface area contributed by atoms with Gasteiger partial charge in [0.1, 0.15) is 0 Å². The number of unbranched alkanes of at least 4 members (excludes halogenated alkanes) is 40. The van der Waals surface area contributed by atoms with Crippen LogP contribution in [0.25, 0.3) is 0 Å². The van der Waals surface area contributed by atoms with Gasteiger partial charge in [-0.3, -0.25) is 0 Å². The molecule has 0 aromatic carbocycles. The van der Waals surface area contributed by atoms with E-state index in [9.17, 15) is 0 Å². The molecule has 0 bridgehead atoms. The summed E-state index contributed by atoms with van der Waals surface area (Å²) in [6, 6.07) is 0. The van der Waals surface area contributed by atoms with Crippen LogP contribution in [0.5, 0.6) is 0 Å². The van der Waals surface area contributed by atoms with Gasteiger partial charge >= 0.3 is 0 Å². The van der Waals surface area contributed by atoms with Crippen molar-refractivity contribution in [1.82, 2.24) is 0 Å². The highest BCUT2D eigenvalue weighted by atomic mass is 16.4. The van der Waals surface area contributed by atoms with Crippen molar-refractivity contribution in [3.63, 3.8) is 0 Å². The third-order valence-corrected chi connectivity index (χ3v) is 30.0. The number of nitrogens with zero attached hydrogens (tertiary/aromatic N) is 12. The Morgan fingerprint density at radius 2 is 0.220 bits per heavy atom. The van der Waals surface area contributed by atoms with Gasteiger partial charge in [-0.05, 0) is 127 Å². The Bertz CT molecular complexity index is 2090. The Labute approximate surface area is 824 Å². The van der Waals surface area contributed by atoms with Crippen molar-refractivity contribution in [2.24, 2.45) is 0 Å². The summed E-state index contributed by atoms with van der Waals surface area (Å²) in [6.07, 6.45) is 92.7. The Hall–Kier alpha value is -2.42. The van der Waals surface area contributed by atoms with E-state index in [1.165, 1.54) is 604 Å². The molecule has 0 saturated carbocycles. The number of quaternary nitrogens is 8. The fraction of sp³-hybridized carbons (Fsp3) is 0.963. The topological polar surface area (TPSA) is 280 Å². The predicted molar refractivity (Wildman–Crippen MR) is 553 cm³/mol. The molecule has 20 nitrogen and oxygen atoms in total. The first-order valence-corrected chi connectivity index (χ1v) is 56.8. The number of hydrogen-bond donors (Lipinski definition) is 0. The molecule has 8 rings (SSSR count). The molecular weight excluding hydrogens is 1640 g/mol. The van der Waals surface area contributed by atoms with Crippen LogP contribution in [0.1, 0.15) is 466 Å². The van der Waals surface area contributed by atoms with E-state index in [1.54, 1.807) is 0 Å². The zero-order valence-electron chi connectivity index (χ0n) is 91.2. The Balaban J connectivity index is -0.000000688. The predicted octanol–water partition coefficient (Wildman–Crippen LogP) is 17.7. The monoisotopic (exact) mass is 1860 g/mol. The van der Waals surface area contributed by atoms with E-state index in [2.05, 4.69) is 112 Å². The summed E-state index contributed by atoms with van der Waals surface area (Å²) in [7, 11) is 10.3. The van der Waals surface area contributed by atoms with E-state index in [0.717, 1.165) is 23.9 Å². The van der Waals surface area contributed by atoms with Gasteiger partial charge in [0.25, 0.3) is 0 Å². The van der Waals surface area contributed by atoms with E-state index in [-0.39, 0.29) is 0 Å². The molecule has 24 heteroatoms. The molecule has 8 fully saturated rings. The maximum Gasteiger partial charge on any atom is 0.0786 e. The summed E-state index contributed by atoms with van der Waals surface area (Å²) in [6.45, 7) is 52.8. The summed E-state index contributed by atoms with van der Waals surface area (Å²) >= 11 is 0. The number of rotatable bonds is 56. The van der Waals surface area contributed by atoms with Crippen LogP contribution in [0.15, 0.2) is 0 Å². The zero-order valence-corrected chi connectivity index (χ0v) is 91.2. The Kier molecular flexibility index (Phi) is 96.3. The Morgan fingerprint density at radius 1 is 0.152 bits per heavy atom. The zero-order chi connectivity index (χ0) is 99.4. The van der Waals surface area contributed by atoms with Gasteiger partial charge in [-0.25, -0.2) is 21.0 Å². The molecule has 0 spiro atoms. The summed E-state index contributed by atoms with van der Waals surface area (Å²) in [5, 5.41) is 101. The van der Waals surface area contributed by atoms with Gasteiger partial charge < -0.3 is 76.1 Å². The average molecular weight is 1860 g/mol. The van der Waals surface area contributed by atoms with Crippen LogP contribution in [0.3, 0.4) is 0 Å². The first-order valence-electron chi connectivity index (χ1n) is 56.8. The van der Waals surface area contributed by atoms with E-state index in [1.807, 2.05) is 0 Å². The molecule has 8 saturated heterocycles. The SMILES string of the molecule is CCCCCCCC[N+]1(C)CCCC1.CCCCCCCC[N+]1(C)CCCC1.CCCCCCCC[N+]1(C)CCCC1.CCCCCCCC[N+]1(C)CCCC1.CCCCCCCC[N+]1(C)CCCC1.CCCCCCCC[N+]1(C)CCCC1.CCCCCCCC[N+]1(C)CCCC1.CCCCCCCC[N+]1(C)CCCC1.N#CB([O-])[O-].N#CB([O-])[O-].N#CB([O-])[O-].N#CB([O-])[O-]. The normalized spacial score (nSPS) is 18.0. The molecule has 0 aliphatic carbocycles. The molecule has 0 aromatic rings. The minimum atomic E-state index is -2.31. The van der Waals surface area contributed by atoms with E-state index >= 15 is 0 Å². The highest BCUT2D eigenvalue weighted by Crippen LogP contribution is 2.26. The van der Waals surface area contributed by atoms with Crippen LogP contribution in [0, 0.1) is 44.9 Å². The fourth-order valence-electron chi connectivity index (χ4n) is 20.8. The second kappa shape index (κ2) is 93.5. The van der Waals surface area contributed by atoms with Crippen LogP contribution in [-0.2, 0) is 0 Å². The maximum atomic E-state index is 8.98. The van der Waals surface area contributed by atoms with Crippen LogP contribution in [0.4, 0.5) is 0 Å². The minimum absolute atomic E-state index is 0.917. The second-order valence-corrected chi connectivity index (χ2v) is 44.0. The largest absolute Gasteiger partial charge is 0.881 e. The molecule has 0 amide bonds. The first kappa shape index (κ1) is 136. The molecule has 0 unspecified atom stereocenters. The molecular formula is C108H224B4N12O8. The van der Waals surface area contributed by atoms with E-state index in [0.29, 0.717) is 0 Å². The van der Waals surface area contributed by atoms with Gasteiger partial charge in [-0.2, -0.15) is 0 Å². The fourth-order valence-corrected chi connectivity index (χ4v) is 20.8. The summed E-state index contributed by atoms with van der Waals surface area (Å²) in [4.78, 5) is 0. The summed E-state index contributed by atoms with van der Waals surface area (Å²) < 4.78 is 11.0. The van der Waals surface area contributed by atoms with E-state index in [4.69, 9.17) is 61.2 Å². The van der Waals surface area contributed by atoms with Crippen molar-refractivity contribution in [1.29, 1.82) is 21.0 Å². The second-order valence-electron chi connectivity index (χ2n) is 44.0. The highest BCUT2D eigenvalue weighted by Gasteiger charge is 2.32. The van der Waals surface area contributed by atoms with Crippen LogP contribution < -0.4 is 40.2 Å². The van der Waals surface area contributed by atoms with Crippen LogP contribution in [-0.4, -0.2) is 278 Å². The van der Waals surface area contributed by atoms with Gasteiger partial charge in [-0.15, -0.1) is 0 Å². The molecule has 8 aliphatic rings. The quantitative estimate of drug-likeness (QED) is 0.0312. The van der Waals surface area contributed by atoms with Crippen molar-refractivity contribution in [2.45, 2.75) is 466 Å². The van der Waals surface area contributed by atoms with Crippen molar-refractivity contribution in [3.05, 3.63) is 0 Å². The summed E-state index contributed by atoms with van der Waals surface area (Å²) in [5.74, 6) is 3.67. The van der Waals surface area contributed by atoms with Gasteiger partial charge in [0.2, 0.25) is 0 Å². The van der Waals surface area contributed by atoms with Gasteiger partial charge in [0.15, 0.2) is 0 Å². The third kappa shape index (κ3) is 91.4. The Morgan fingerprint density at radius 3 is 0.288 bits per heavy atom. The molecule has 8 aliphatic heterocycles. The molecule has 0 aromatic heterocycles. The lowest BCUT2D eigenvalue weighted by Crippen LogP contribution is -2.43.